The van der Waals surface area contributed by atoms with E-state index in [2.05, 4.69) is 12.2 Å². The first kappa shape index (κ1) is 38.6. The third kappa shape index (κ3) is 10.8. The van der Waals surface area contributed by atoms with Crippen molar-refractivity contribution in [3.05, 3.63) is 47.1 Å². The van der Waals surface area contributed by atoms with Gasteiger partial charge in [0.25, 0.3) is 5.91 Å². The summed E-state index contributed by atoms with van der Waals surface area (Å²) < 4.78 is 35.3. The van der Waals surface area contributed by atoms with Gasteiger partial charge in [0.1, 0.15) is 11.9 Å². The lowest BCUT2D eigenvalue weighted by Crippen LogP contribution is -2.37. The van der Waals surface area contributed by atoms with E-state index in [1.165, 1.54) is 7.11 Å². The summed E-state index contributed by atoms with van der Waals surface area (Å²) in [6, 6.07) is 1.72. The topological polar surface area (TPSA) is 148 Å². The molecule has 0 saturated carbocycles. The number of aliphatic hydroxyl groups excluding tert-OH is 1. The smallest absolute Gasteiger partial charge is 0.405 e. The fourth-order valence-corrected chi connectivity index (χ4v) is 5.49. The monoisotopic (exact) mass is 646 g/mol. The molecule has 0 fully saturated rings. The molecule has 258 valence electrons. The molecule has 0 aliphatic carbocycles. The second kappa shape index (κ2) is 18.0. The van der Waals surface area contributed by atoms with Crippen LogP contribution in [-0.2, 0) is 25.4 Å². The summed E-state index contributed by atoms with van der Waals surface area (Å²) in [6.45, 7) is 15.0. The first-order chi connectivity index (χ1) is 21.6. The van der Waals surface area contributed by atoms with Gasteiger partial charge in [-0.2, -0.15) is 0 Å². The fourth-order valence-electron chi connectivity index (χ4n) is 5.49. The molecule has 2 rings (SSSR count). The molecule has 2 bridgehead atoms. The second-order valence-electron chi connectivity index (χ2n) is 12.4. The summed E-state index contributed by atoms with van der Waals surface area (Å²) in [5.74, 6) is 0.698. The first-order valence-electron chi connectivity index (χ1n) is 15.7. The minimum Gasteiger partial charge on any atom is -0.492 e. The number of aliphatic hydroxyl groups is 1. The highest BCUT2D eigenvalue weighted by molar-refractivity contribution is 6.04. The maximum atomic E-state index is 13.5. The van der Waals surface area contributed by atoms with Crippen LogP contribution in [0.15, 0.2) is 41.5 Å². The molecule has 11 nitrogen and oxygen atoms in total. The average Bonchev–Trinajstić information content (AvgIpc) is 2.97. The zero-order chi connectivity index (χ0) is 34.7. The van der Waals surface area contributed by atoms with Gasteiger partial charge < -0.3 is 44.6 Å². The van der Waals surface area contributed by atoms with Crippen molar-refractivity contribution in [2.75, 3.05) is 26.6 Å². The number of nitrogens with one attached hydrogen (secondary N) is 1. The molecule has 0 saturated heterocycles. The molecule has 46 heavy (non-hydrogen) atoms. The lowest BCUT2D eigenvalue weighted by molar-refractivity contribution is -0.112. The van der Waals surface area contributed by atoms with E-state index in [-0.39, 0.29) is 30.0 Å². The number of ether oxygens (including phenoxy) is 6. The number of primary amides is 1. The van der Waals surface area contributed by atoms with Crippen molar-refractivity contribution in [2.45, 2.75) is 105 Å². The zero-order valence-electron chi connectivity index (χ0n) is 29.2. The molecule has 0 spiro atoms. The second-order valence-corrected chi connectivity index (χ2v) is 12.4. The van der Waals surface area contributed by atoms with E-state index in [1.807, 2.05) is 40.7 Å². The first-order valence-corrected chi connectivity index (χ1v) is 15.7. The molecular formula is C35H54N2O9. The lowest BCUT2D eigenvalue weighted by Gasteiger charge is -2.30. The van der Waals surface area contributed by atoms with Gasteiger partial charge in [-0.15, -0.1) is 0 Å². The van der Waals surface area contributed by atoms with Crippen LogP contribution in [0.1, 0.15) is 67.4 Å². The molecule has 1 unspecified atom stereocenters. The maximum absolute atomic E-state index is 13.5. The minimum atomic E-state index is -0.966. The molecular weight excluding hydrogens is 592 g/mol. The van der Waals surface area contributed by atoms with Crippen molar-refractivity contribution in [1.29, 1.82) is 0 Å². The van der Waals surface area contributed by atoms with Gasteiger partial charge in [-0.1, -0.05) is 38.2 Å². The van der Waals surface area contributed by atoms with Crippen LogP contribution in [0.4, 0.5) is 10.5 Å². The van der Waals surface area contributed by atoms with E-state index in [0.29, 0.717) is 46.9 Å². The van der Waals surface area contributed by atoms with E-state index >= 15 is 0 Å². The summed E-state index contributed by atoms with van der Waals surface area (Å²) in [4.78, 5) is 25.3. The highest BCUT2D eigenvalue weighted by Crippen LogP contribution is 2.46. The number of rotatable bonds is 8. The van der Waals surface area contributed by atoms with Gasteiger partial charge in [-0.25, -0.2) is 4.79 Å². The predicted octanol–water partition coefficient (Wildman–Crippen LogP) is 5.73. The van der Waals surface area contributed by atoms with Gasteiger partial charge in [0.2, 0.25) is 0 Å². The lowest BCUT2D eigenvalue weighted by atomic mass is 9.87. The van der Waals surface area contributed by atoms with Crippen LogP contribution in [0.5, 0.6) is 17.2 Å². The Bertz CT molecular complexity index is 1270. The molecule has 0 radical (unpaired) electrons. The van der Waals surface area contributed by atoms with Crippen LogP contribution in [0.3, 0.4) is 0 Å². The molecule has 0 aromatic heterocycles. The van der Waals surface area contributed by atoms with Crippen LogP contribution in [-0.4, -0.2) is 75.1 Å². The Balaban J connectivity index is 2.82. The fraction of sp³-hybridized carbons (Fsp3) is 0.600. The zero-order valence-corrected chi connectivity index (χ0v) is 29.2. The van der Waals surface area contributed by atoms with E-state index in [0.717, 1.165) is 5.56 Å². The van der Waals surface area contributed by atoms with Gasteiger partial charge in [0.05, 0.1) is 37.2 Å². The predicted molar refractivity (Wildman–Crippen MR) is 179 cm³/mol. The average molecular weight is 647 g/mol. The third-order valence-corrected chi connectivity index (χ3v) is 7.66. The van der Waals surface area contributed by atoms with Crippen LogP contribution >= 0.6 is 0 Å². The summed E-state index contributed by atoms with van der Waals surface area (Å²) in [7, 11) is 4.63. The molecule has 1 aliphatic heterocycles. The quantitative estimate of drug-likeness (QED) is 0.301. The number of carbonyl (C=O) groups is 2. The Labute approximate surface area is 274 Å². The van der Waals surface area contributed by atoms with Gasteiger partial charge in [0.15, 0.2) is 17.6 Å². The number of amides is 2. The van der Waals surface area contributed by atoms with Gasteiger partial charge in [-0.05, 0) is 65.9 Å². The van der Waals surface area contributed by atoms with Crippen molar-refractivity contribution < 1.29 is 43.1 Å². The number of methoxy groups -OCH3 is 3. The third-order valence-electron chi connectivity index (χ3n) is 7.66. The molecule has 1 heterocycles. The molecule has 6 atom stereocenters. The number of allylic oxidation sites excluding steroid dienone is 2. The Morgan fingerprint density at radius 2 is 1.67 bits per heavy atom. The Kier molecular flexibility index (Phi) is 15.1. The molecule has 1 aromatic carbocycles. The number of nitrogens with two attached hydrogens (primary N) is 1. The van der Waals surface area contributed by atoms with Crippen LogP contribution in [0.2, 0.25) is 0 Å². The van der Waals surface area contributed by atoms with E-state index in [9.17, 15) is 14.7 Å². The van der Waals surface area contributed by atoms with E-state index in [4.69, 9.17) is 34.2 Å². The number of anilines is 1. The van der Waals surface area contributed by atoms with Crippen molar-refractivity contribution in [3.63, 3.8) is 0 Å². The number of carbonyl (C=O) groups excluding carboxylic acids is 2. The highest BCUT2D eigenvalue weighted by Gasteiger charge is 2.31. The molecule has 1 aliphatic rings. The number of fused-ring (bicyclic) bond motifs is 2. The SMILES string of the molecule is COc1c(OC(C)C)cc2c(OC(C)C)c1C[C@@H](C)C[C@H](OC)[C@H](O)[C@@H](C)/C=C(\C)[C@@H](OC(N)=O)C(OC)/C=C\C=C(/C)C(=O)N2. The summed E-state index contributed by atoms with van der Waals surface area (Å²) in [6.07, 6.45) is 3.38. The van der Waals surface area contributed by atoms with Gasteiger partial charge in [0, 0.05) is 37.3 Å². The standard InChI is InChI=1S/C35H54N2O9/c1-19(2)44-29-18-26-32(45-20(3)4)25(33(29)43-11)15-21(5)16-28(42-10)30(38)23(7)17-24(8)31(46-35(36)40)27(41-9)14-12-13-22(6)34(39)37-26/h12-14,17-21,23,27-28,30-31,38H,15-16H2,1-11H3,(H2,36,40)(H,37,39)/b14-12-,22-13+,24-17+/t21-,23+,27?,28+,30-,31-/m1/s1. The minimum absolute atomic E-state index is 0.0325. The van der Waals surface area contributed by atoms with Gasteiger partial charge in [-0.3, -0.25) is 4.79 Å². The van der Waals surface area contributed by atoms with Crippen molar-refractivity contribution in [3.8, 4) is 17.2 Å². The Morgan fingerprint density at radius 1 is 1.02 bits per heavy atom. The molecule has 2 amide bonds. The van der Waals surface area contributed by atoms with E-state index in [1.54, 1.807) is 52.4 Å². The van der Waals surface area contributed by atoms with E-state index < -0.39 is 30.5 Å². The normalized spacial score (nSPS) is 28.0. The Hall–Kier alpha value is -3.54. The van der Waals surface area contributed by atoms with Crippen molar-refractivity contribution >= 4 is 17.7 Å². The summed E-state index contributed by atoms with van der Waals surface area (Å²) in [5.41, 5.74) is 7.61. The highest BCUT2D eigenvalue weighted by atomic mass is 16.6. The molecule has 11 heteroatoms. The summed E-state index contributed by atoms with van der Waals surface area (Å²) in [5, 5.41) is 14.4. The van der Waals surface area contributed by atoms with Gasteiger partial charge >= 0.3 is 6.09 Å². The van der Waals surface area contributed by atoms with Crippen LogP contribution in [0, 0.1) is 11.8 Å². The molecule has 1 aromatic rings. The maximum Gasteiger partial charge on any atom is 0.405 e. The van der Waals surface area contributed by atoms with Crippen molar-refractivity contribution in [1.82, 2.24) is 0 Å². The Morgan fingerprint density at radius 3 is 2.22 bits per heavy atom. The van der Waals surface area contributed by atoms with Crippen LogP contribution < -0.4 is 25.3 Å². The number of hydrogen-bond donors (Lipinski definition) is 3. The molecule has 4 N–H and O–H groups in total. The number of benzene rings is 1. The summed E-state index contributed by atoms with van der Waals surface area (Å²) >= 11 is 0. The van der Waals surface area contributed by atoms with Crippen LogP contribution in [0.25, 0.3) is 0 Å². The van der Waals surface area contributed by atoms with Crippen molar-refractivity contribution in [2.24, 2.45) is 17.6 Å². The number of hydrogen-bond acceptors (Lipinski definition) is 9. The largest absolute Gasteiger partial charge is 0.492 e.